The number of carboxylic acids is 1. The molecule has 1 aliphatic rings. The van der Waals surface area contributed by atoms with E-state index in [1.807, 2.05) is 24.3 Å². The molecule has 0 spiro atoms. The number of rotatable bonds is 3. The van der Waals surface area contributed by atoms with Crippen LogP contribution in [0.25, 0.3) is 10.8 Å². The second-order valence-corrected chi connectivity index (χ2v) is 5.04. The first-order valence-corrected chi connectivity index (χ1v) is 6.92. The van der Waals surface area contributed by atoms with E-state index >= 15 is 0 Å². The van der Waals surface area contributed by atoms with Crippen molar-refractivity contribution in [1.29, 1.82) is 0 Å². The first kappa shape index (κ1) is 14.0. The summed E-state index contributed by atoms with van der Waals surface area (Å²) in [6.07, 6.45) is 8.16. The van der Waals surface area contributed by atoms with Crippen molar-refractivity contribution in [2.24, 2.45) is 0 Å². The number of H-pyrrole nitrogens is 1. The van der Waals surface area contributed by atoms with E-state index in [1.54, 1.807) is 24.3 Å². The van der Waals surface area contributed by atoms with Gasteiger partial charge in [-0.1, -0.05) is 36.4 Å². The highest BCUT2D eigenvalue weighted by Crippen LogP contribution is 2.19. The standard InChI is InChI=1S/C17H14N2O3/c20-16-14-8-4-3-7-13(14)15(18-19-16)10-11-5-1-2-6-12(9-11)17(21)22/h2-9H,1,10H2,(H,19,20)(H,21,22). The zero-order valence-electron chi connectivity index (χ0n) is 11.7. The second-order valence-electron chi connectivity index (χ2n) is 5.04. The third-order valence-electron chi connectivity index (χ3n) is 3.55. The van der Waals surface area contributed by atoms with Crippen LogP contribution in [0.1, 0.15) is 12.1 Å². The Labute approximate surface area is 126 Å². The van der Waals surface area contributed by atoms with Gasteiger partial charge < -0.3 is 5.11 Å². The molecule has 22 heavy (non-hydrogen) atoms. The molecule has 1 heterocycles. The van der Waals surface area contributed by atoms with Crippen LogP contribution in [0.2, 0.25) is 0 Å². The number of aromatic nitrogens is 2. The van der Waals surface area contributed by atoms with Crippen LogP contribution in [-0.2, 0) is 11.2 Å². The van der Waals surface area contributed by atoms with Crippen molar-refractivity contribution in [2.75, 3.05) is 0 Å². The highest BCUT2D eigenvalue weighted by Gasteiger charge is 2.11. The topological polar surface area (TPSA) is 83.0 Å². The number of aromatic amines is 1. The van der Waals surface area contributed by atoms with Crippen LogP contribution < -0.4 is 5.56 Å². The molecule has 1 aliphatic carbocycles. The minimum Gasteiger partial charge on any atom is -0.478 e. The molecule has 2 aromatic rings. The highest BCUT2D eigenvalue weighted by atomic mass is 16.4. The van der Waals surface area contributed by atoms with Crippen molar-refractivity contribution in [2.45, 2.75) is 12.8 Å². The molecular weight excluding hydrogens is 280 g/mol. The summed E-state index contributed by atoms with van der Waals surface area (Å²) in [5.41, 5.74) is 1.62. The summed E-state index contributed by atoms with van der Waals surface area (Å²) in [4.78, 5) is 22.9. The molecular formula is C17H14N2O3. The Hall–Kier alpha value is -2.95. The van der Waals surface area contributed by atoms with E-state index in [-0.39, 0.29) is 11.1 Å². The SMILES string of the molecule is O=C(O)C1=CC(Cc2n[nH]c(=O)c3ccccc23)=CCC=C1. The first-order chi connectivity index (χ1) is 10.6. The van der Waals surface area contributed by atoms with Crippen LogP contribution in [0.15, 0.2) is 64.5 Å². The average Bonchev–Trinajstić information content (AvgIpc) is 2.76. The molecule has 1 aromatic heterocycles. The third-order valence-corrected chi connectivity index (χ3v) is 3.55. The van der Waals surface area contributed by atoms with Crippen LogP contribution in [0.4, 0.5) is 0 Å². The van der Waals surface area contributed by atoms with Crippen LogP contribution >= 0.6 is 0 Å². The summed E-state index contributed by atoms with van der Waals surface area (Å²) in [5.74, 6) is -0.955. The normalized spacial score (nSPS) is 14.4. The highest BCUT2D eigenvalue weighted by molar-refractivity contribution is 5.90. The van der Waals surface area contributed by atoms with Crippen molar-refractivity contribution in [3.8, 4) is 0 Å². The lowest BCUT2D eigenvalue weighted by Crippen LogP contribution is -2.11. The maximum Gasteiger partial charge on any atom is 0.335 e. The number of hydrogen-bond acceptors (Lipinski definition) is 3. The van der Waals surface area contributed by atoms with Gasteiger partial charge in [-0.25, -0.2) is 9.89 Å². The number of benzene rings is 1. The minimum atomic E-state index is -0.955. The summed E-state index contributed by atoms with van der Waals surface area (Å²) in [6, 6.07) is 7.26. The molecule has 0 unspecified atom stereocenters. The van der Waals surface area contributed by atoms with Gasteiger partial charge in [-0.2, -0.15) is 5.10 Å². The number of carboxylic acid groups (broad SMARTS) is 1. The molecule has 0 amide bonds. The van der Waals surface area contributed by atoms with E-state index in [1.165, 1.54) is 0 Å². The van der Waals surface area contributed by atoms with Crippen molar-refractivity contribution in [3.63, 3.8) is 0 Å². The fourth-order valence-electron chi connectivity index (χ4n) is 2.48. The van der Waals surface area contributed by atoms with Gasteiger partial charge in [0.25, 0.3) is 5.56 Å². The number of aliphatic carboxylic acids is 1. The Bertz CT molecular complexity index is 888. The fourth-order valence-corrected chi connectivity index (χ4v) is 2.48. The van der Waals surface area contributed by atoms with Gasteiger partial charge in [0.1, 0.15) is 0 Å². The fraction of sp³-hybridized carbons (Fsp3) is 0.118. The van der Waals surface area contributed by atoms with Gasteiger partial charge in [0, 0.05) is 11.8 Å². The number of nitrogens with one attached hydrogen (secondary N) is 1. The monoisotopic (exact) mass is 294 g/mol. The van der Waals surface area contributed by atoms with Gasteiger partial charge in [0.05, 0.1) is 16.7 Å². The number of fused-ring (bicyclic) bond motifs is 1. The van der Waals surface area contributed by atoms with E-state index in [9.17, 15) is 9.59 Å². The van der Waals surface area contributed by atoms with Gasteiger partial charge >= 0.3 is 5.97 Å². The van der Waals surface area contributed by atoms with Crippen molar-refractivity contribution in [3.05, 3.63) is 75.8 Å². The summed E-state index contributed by atoms with van der Waals surface area (Å²) >= 11 is 0. The molecule has 0 saturated carbocycles. The van der Waals surface area contributed by atoms with E-state index in [0.29, 0.717) is 18.2 Å². The molecule has 0 atom stereocenters. The molecule has 0 radical (unpaired) electrons. The zero-order chi connectivity index (χ0) is 15.5. The van der Waals surface area contributed by atoms with Crippen LogP contribution in [0.5, 0.6) is 0 Å². The molecule has 3 rings (SSSR count). The van der Waals surface area contributed by atoms with E-state index in [2.05, 4.69) is 10.2 Å². The maximum absolute atomic E-state index is 11.8. The number of allylic oxidation sites excluding steroid dienone is 4. The Morgan fingerprint density at radius 3 is 2.82 bits per heavy atom. The predicted octanol–water partition coefficient (Wildman–Crippen LogP) is 2.36. The third kappa shape index (κ3) is 2.74. The van der Waals surface area contributed by atoms with Crippen LogP contribution in [0.3, 0.4) is 0 Å². The van der Waals surface area contributed by atoms with E-state index in [4.69, 9.17) is 5.11 Å². The number of hydrogen-bond donors (Lipinski definition) is 2. The largest absolute Gasteiger partial charge is 0.478 e. The molecule has 0 aliphatic heterocycles. The molecule has 2 N–H and O–H groups in total. The van der Waals surface area contributed by atoms with Crippen molar-refractivity contribution in [1.82, 2.24) is 10.2 Å². The molecule has 0 fully saturated rings. The number of nitrogens with zero attached hydrogens (tertiary/aromatic N) is 1. The predicted molar refractivity (Wildman–Crippen MR) is 83.6 cm³/mol. The van der Waals surface area contributed by atoms with Gasteiger partial charge in [-0.05, 0) is 24.1 Å². The summed E-state index contributed by atoms with van der Waals surface area (Å²) in [6.45, 7) is 0. The molecule has 0 saturated heterocycles. The van der Waals surface area contributed by atoms with Crippen molar-refractivity contribution < 1.29 is 9.90 Å². The quantitative estimate of drug-likeness (QED) is 0.910. The molecule has 5 nitrogen and oxygen atoms in total. The van der Waals surface area contributed by atoms with Crippen LogP contribution in [0, 0.1) is 0 Å². The minimum absolute atomic E-state index is 0.224. The maximum atomic E-state index is 11.8. The van der Waals surface area contributed by atoms with Gasteiger partial charge in [0.2, 0.25) is 0 Å². The van der Waals surface area contributed by atoms with E-state index in [0.717, 1.165) is 16.7 Å². The van der Waals surface area contributed by atoms with Gasteiger partial charge in [0.15, 0.2) is 0 Å². The molecule has 110 valence electrons. The lowest BCUT2D eigenvalue weighted by Gasteiger charge is -2.06. The smallest absolute Gasteiger partial charge is 0.335 e. The average molecular weight is 294 g/mol. The zero-order valence-corrected chi connectivity index (χ0v) is 11.7. The Morgan fingerprint density at radius 1 is 1.27 bits per heavy atom. The van der Waals surface area contributed by atoms with Gasteiger partial charge in [-0.15, -0.1) is 0 Å². The van der Waals surface area contributed by atoms with Crippen LogP contribution in [-0.4, -0.2) is 21.3 Å². The lowest BCUT2D eigenvalue weighted by atomic mass is 10.0. The second kappa shape index (κ2) is 5.81. The molecule has 5 heteroatoms. The first-order valence-electron chi connectivity index (χ1n) is 6.92. The molecule has 0 bridgehead atoms. The summed E-state index contributed by atoms with van der Waals surface area (Å²) in [7, 11) is 0. The number of carbonyl (C=O) groups is 1. The van der Waals surface area contributed by atoms with Gasteiger partial charge in [-0.3, -0.25) is 4.79 Å². The Balaban J connectivity index is 2.02. The van der Waals surface area contributed by atoms with Crippen molar-refractivity contribution >= 4 is 16.7 Å². The Kier molecular flexibility index (Phi) is 3.70. The lowest BCUT2D eigenvalue weighted by molar-refractivity contribution is -0.132. The summed E-state index contributed by atoms with van der Waals surface area (Å²) in [5, 5.41) is 17.1. The Morgan fingerprint density at radius 2 is 2.05 bits per heavy atom. The molecule has 1 aromatic carbocycles. The summed E-state index contributed by atoms with van der Waals surface area (Å²) < 4.78 is 0. The van der Waals surface area contributed by atoms with E-state index < -0.39 is 5.97 Å².